The smallest absolute Gasteiger partial charge is 0.278 e. The van der Waals surface area contributed by atoms with Crippen LogP contribution in [0.15, 0.2) is 42.0 Å². The Morgan fingerprint density at radius 2 is 1.94 bits per heavy atom. The Bertz CT molecular complexity index is 1090. The van der Waals surface area contributed by atoms with Crippen molar-refractivity contribution >= 4 is 28.9 Å². The van der Waals surface area contributed by atoms with Crippen LogP contribution in [0.25, 0.3) is 0 Å². The molecular weight excluding hydrogens is 414 g/mol. The van der Waals surface area contributed by atoms with Gasteiger partial charge in [-0.2, -0.15) is 0 Å². The van der Waals surface area contributed by atoms with Crippen molar-refractivity contribution in [2.45, 2.75) is 12.5 Å². The summed E-state index contributed by atoms with van der Waals surface area (Å²) in [5.41, 5.74) is 0.978. The second kappa shape index (κ2) is 9.02. The summed E-state index contributed by atoms with van der Waals surface area (Å²) >= 11 is 1.27. The number of methoxy groups -OCH3 is 2. The zero-order valence-electron chi connectivity index (χ0n) is 17.2. The number of thiazole rings is 1. The van der Waals surface area contributed by atoms with Gasteiger partial charge in [0.15, 0.2) is 5.01 Å². The molecule has 0 bridgehead atoms. The maximum atomic E-state index is 13.6. The zero-order valence-corrected chi connectivity index (χ0v) is 18.0. The van der Waals surface area contributed by atoms with Crippen LogP contribution in [0.3, 0.4) is 0 Å². The molecule has 0 saturated carbocycles. The van der Waals surface area contributed by atoms with Crippen molar-refractivity contribution in [2.75, 3.05) is 37.1 Å². The van der Waals surface area contributed by atoms with Gasteiger partial charge in [0.2, 0.25) is 5.95 Å². The third-order valence-corrected chi connectivity index (χ3v) is 5.82. The molecule has 31 heavy (non-hydrogen) atoms. The van der Waals surface area contributed by atoms with Crippen LogP contribution in [0.4, 0.5) is 11.6 Å². The van der Waals surface area contributed by atoms with Crippen molar-refractivity contribution in [3.63, 3.8) is 0 Å². The molecule has 0 N–H and O–H groups in total. The van der Waals surface area contributed by atoms with E-state index in [4.69, 9.17) is 15.9 Å². The molecule has 1 aliphatic heterocycles. The van der Waals surface area contributed by atoms with Crippen molar-refractivity contribution in [2.24, 2.45) is 0 Å². The lowest BCUT2D eigenvalue weighted by atomic mass is 10.1. The predicted molar refractivity (Wildman–Crippen MR) is 119 cm³/mol. The van der Waals surface area contributed by atoms with E-state index in [-0.39, 0.29) is 11.9 Å². The molecule has 4 rings (SSSR count). The summed E-state index contributed by atoms with van der Waals surface area (Å²) < 4.78 is 10.8. The Hall–Kier alpha value is -3.64. The summed E-state index contributed by atoms with van der Waals surface area (Å²) in [4.78, 5) is 30.4. The second-order valence-corrected chi connectivity index (χ2v) is 7.72. The summed E-state index contributed by atoms with van der Waals surface area (Å²) in [6.07, 6.45) is 9.62. The third kappa shape index (κ3) is 4.29. The average Bonchev–Trinajstić information content (AvgIpc) is 3.49. The van der Waals surface area contributed by atoms with E-state index in [0.717, 1.165) is 13.0 Å². The highest BCUT2D eigenvalue weighted by atomic mass is 32.1. The predicted octanol–water partition coefficient (Wildman–Crippen LogP) is 2.86. The fraction of sp³-hybridized carbons (Fsp3) is 0.273. The highest BCUT2D eigenvalue weighted by Gasteiger charge is 2.34. The number of carbonyl (C=O) groups is 1. The van der Waals surface area contributed by atoms with Crippen molar-refractivity contribution in [1.82, 2.24) is 15.0 Å². The third-order valence-electron chi connectivity index (χ3n) is 5.04. The molecule has 1 atom stereocenters. The van der Waals surface area contributed by atoms with Crippen molar-refractivity contribution < 1.29 is 14.3 Å². The minimum atomic E-state index is -0.228. The molecule has 158 valence electrons. The quantitative estimate of drug-likeness (QED) is 0.551. The van der Waals surface area contributed by atoms with Gasteiger partial charge in [0, 0.05) is 49.1 Å². The van der Waals surface area contributed by atoms with Crippen molar-refractivity contribution in [3.8, 4) is 23.8 Å². The number of hydrogen-bond acceptors (Lipinski definition) is 8. The van der Waals surface area contributed by atoms with Crippen LogP contribution in [0.1, 0.15) is 21.9 Å². The van der Waals surface area contributed by atoms with E-state index < -0.39 is 0 Å². The van der Waals surface area contributed by atoms with Crippen molar-refractivity contribution in [3.05, 3.63) is 52.7 Å². The van der Waals surface area contributed by atoms with Gasteiger partial charge in [-0.05, 0) is 18.4 Å². The van der Waals surface area contributed by atoms with E-state index >= 15 is 0 Å². The average molecular weight is 436 g/mol. The summed E-state index contributed by atoms with van der Waals surface area (Å²) in [6, 6.07) is 7.06. The first-order valence-electron chi connectivity index (χ1n) is 9.63. The fourth-order valence-corrected chi connectivity index (χ4v) is 4.17. The number of ether oxygens (including phenoxy) is 2. The van der Waals surface area contributed by atoms with E-state index in [9.17, 15) is 4.79 Å². The molecular formula is C22H21N5O3S. The lowest BCUT2D eigenvalue weighted by molar-refractivity contribution is 0.0974. The second-order valence-electron chi connectivity index (χ2n) is 6.87. The largest absolute Gasteiger partial charge is 0.497 e. The molecule has 0 aliphatic carbocycles. The Morgan fingerprint density at radius 3 is 2.55 bits per heavy atom. The van der Waals surface area contributed by atoms with Gasteiger partial charge in [-0.3, -0.25) is 4.79 Å². The minimum Gasteiger partial charge on any atom is -0.497 e. The SMILES string of the molecule is C#Cc1nc(C(=O)N(c2cc(OC)cc(OC)c2)C2CCN(c3ncccn3)C2)cs1. The number of benzene rings is 1. The molecule has 9 heteroatoms. The number of carbonyl (C=O) groups excluding carboxylic acids is 1. The first-order chi connectivity index (χ1) is 15.1. The molecule has 8 nitrogen and oxygen atoms in total. The number of hydrogen-bond donors (Lipinski definition) is 0. The van der Waals surface area contributed by atoms with Gasteiger partial charge in [0.05, 0.1) is 25.9 Å². The van der Waals surface area contributed by atoms with Gasteiger partial charge in [-0.25, -0.2) is 15.0 Å². The molecule has 0 radical (unpaired) electrons. The van der Waals surface area contributed by atoms with Gasteiger partial charge in [-0.15, -0.1) is 17.8 Å². The number of rotatable bonds is 6. The highest BCUT2D eigenvalue weighted by Crippen LogP contribution is 2.33. The van der Waals surface area contributed by atoms with E-state index in [0.29, 0.717) is 40.4 Å². The van der Waals surface area contributed by atoms with E-state index in [1.165, 1.54) is 11.3 Å². The Morgan fingerprint density at radius 1 is 1.23 bits per heavy atom. The van der Waals surface area contributed by atoms with Crippen molar-refractivity contribution in [1.29, 1.82) is 0 Å². The molecule has 1 amide bonds. The Balaban J connectivity index is 1.71. The molecule has 3 heterocycles. The molecule has 1 saturated heterocycles. The van der Waals surface area contributed by atoms with Gasteiger partial charge < -0.3 is 19.3 Å². The van der Waals surface area contributed by atoms with E-state index in [1.54, 1.807) is 49.0 Å². The number of terminal acetylenes is 1. The van der Waals surface area contributed by atoms with E-state index in [1.807, 2.05) is 12.1 Å². The topological polar surface area (TPSA) is 80.7 Å². The Labute approximate surface area is 184 Å². The lowest BCUT2D eigenvalue weighted by Gasteiger charge is -2.29. The number of nitrogens with zero attached hydrogens (tertiary/aromatic N) is 5. The summed E-state index contributed by atoms with van der Waals surface area (Å²) in [5, 5.41) is 2.16. The number of anilines is 2. The lowest BCUT2D eigenvalue weighted by Crippen LogP contribution is -2.42. The molecule has 0 spiro atoms. The van der Waals surface area contributed by atoms with Crippen LogP contribution < -0.4 is 19.3 Å². The summed E-state index contributed by atoms with van der Waals surface area (Å²) in [5.74, 6) is 4.09. The molecule has 3 aromatic rings. The standard InChI is InChI=1S/C22H21N5O3S/c1-4-20-25-19(14-31-20)21(28)27(16-10-17(29-2)12-18(11-16)30-3)15-6-9-26(13-15)22-23-7-5-8-24-22/h1,5,7-8,10-12,14-15H,6,9,13H2,2-3H3. The van der Waals surface area contributed by atoms with Crippen LogP contribution >= 0.6 is 11.3 Å². The van der Waals surface area contributed by atoms with Crippen LogP contribution in [0, 0.1) is 12.3 Å². The minimum absolute atomic E-state index is 0.121. The fourth-order valence-electron chi connectivity index (χ4n) is 3.58. The first kappa shape index (κ1) is 20.6. The van der Waals surface area contributed by atoms with Crippen LogP contribution in [-0.2, 0) is 0 Å². The van der Waals surface area contributed by atoms with Gasteiger partial charge >= 0.3 is 0 Å². The Kier molecular flexibility index (Phi) is 6.00. The van der Waals surface area contributed by atoms with Gasteiger partial charge in [-0.1, -0.05) is 0 Å². The van der Waals surface area contributed by atoms with Crippen LogP contribution in [0.5, 0.6) is 11.5 Å². The van der Waals surface area contributed by atoms with Gasteiger partial charge in [0.1, 0.15) is 17.2 Å². The zero-order chi connectivity index (χ0) is 21.8. The van der Waals surface area contributed by atoms with Crippen LogP contribution in [0.2, 0.25) is 0 Å². The number of aromatic nitrogens is 3. The van der Waals surface area contributed by atoms with E-state index in [2.05, 4.69) is 25.8 Å². The normalized spacial score (nSPS) is 15.4. The molecule has 1 aromatic carbocycles. The maximum absolute atomic E-state index is 13.6. The maximum Gasteiger partial charge on any atom is 0.278 e. The monoisotopic (exact) mass is 435 g/mol. The molecule has 1 aliphatic rings. The molecule has 1 unspecified atom stereocenters. The van der Waals surface area contributed by atoms with Crippen LogP contribution in [-0.4, -0.2) is 54.2 Å². The highest BCUT2D eigenvalue weighted by molar-refractivity contribution is 7.10. The summed E-state index contributed by atoms with van der Waals surface area (Å²) in [7, 11) is 3.16. The first-order valence-corrected chi connectivity index (χ1v) is 10.5. The molecule has 2 aromatic heterocycles. The summed E-state index contributed by atoms with van der Waals surface area (Å²) in [6.45, 7) is 1.31. The van der Waals surface area contributed by atoms with Gasteiger partial charge in [0.25, 0.3) is 5.91 Å². The number of amides is 1. The molecule has 1 fully saturated rings.